The lowest BCUT2D eigenvalue weighted by atomic mass is 9.79. The van der Waals surface area contributed by atoms with Gasteiger partial charge in [0.1, 0.15) is 0 Å². The average Bonchev–Trinajstić information content (AvgIpc) is 2.47. The molecule has 0 spiro atoms. The number of aliphatic carboxylic acids is 1. The third-order valence-electron chi connectivity index (χ3n) is 3.12. The van der Waals surface area contributed by atoms with Crippen molar-refractivity contribution in [2.24, 2.45) is 5.92 Å². The van der Waals surface area contributed by atoms with Crippen LogP contribution in [0.25, 0.3) is 0 Å². The van der Waals surface area contributed by atoms with Crippen molar-refractivity contribution in [3.63, 3.8) is 0 Å². The van der Waals surface area contributed by atoms with E-state index in [2.05, 4.69) is 4.90 Å². The van der Waals surface area contributed by atoms with Gasteiger partial charge >= 0.3 is 5.97 Å². The number of carboxylic acid groups (broad SMARTS) is 1. The predicted molar refractivity (Wildman–Crippen MR) is 64.9 cm³/mol. The van der Waals surface area contributed by atoms with Crippen LogP contribution in [0.3, 0.4) is 0 Å². The molecule has 1 aliphatic carbocycles. The van der Waals surface area contributed by atoms with Gasteiger partial charge in [0.15, 0.2) is 0 Å². The zero-order chi connectivity index (χ0) is 11.7. The molecular formula is C11H14ClNO2S. The van der Waals surface area contributed by atoms with Crippen molar-refractivity contribution < 1.29 is 9.90 Å². The van der Waals surface area contributed by atoms with Crippen LogP contribution < -0.4 is 0 Å². The molecule has 0 radical (unpaired) electrons. The van der Waals surface area contributed by atoms with Crippen LogP contribution in [-0.2, 0) is 11.3 Å². The van der Waals surface area contributed by atoms with Gasteiger partial charge < -0.3 is 5.11 Å². The first-order valence-electron chi connectivity index (χ1n) is 5.23. The summed E-state index contributed by atoms with van der Waals surface area (Å²) in [5.74, 6) is -0.803. The van der Waals surface area contributed by atoms with Crippen LogP contribution >= 0.6 is 22.9 Å². The maximum atomic E-state index is 10.7. The van der Waals surface area contributed by atoms with E-state index in [-0.39, 0.29) is 5.92 Å². The summed E-state index contributed by atoms with van der Waals surface area (Å²) in [6, 6.07) is 4.33. The molecule has 5 heteroatoms. The SMILES string of the molecule is CN(Cc1ccc(Cl)s1)C1CC(C(=O)O)C1. The lowest BCUT2D eigenvalue weighted by Gasteiger charge is -2.38. The Kier molecular flexibility index (Phi) is 3.52. The van der Waals surface area contributed by atoms with E-state index in [0.29, 0.717) is 6.04 Å². The van der Waals surface area contributed by atoms with Gasteiger partial charge in [0.05, 0.1) is 10.3 Å². The normalized spacial score (nSPS) is 24.4. The predicted octanol–water partition coefficient (Wildman–Crippen LogP) is 2.70. The number of thiophene rings is 1. The first-order valence-corrected chi connectivity index (χ1v) is 6.43. The van der Waals surface area contributed by atoms with E-state index in [1.807, 2.05) is 19.2 Å². The maximum absolute atomic E-state index is 10.7. The summed E-state index contributed by atoms with van der Waals surface area (Å²) >= 11 is 7.44. The minimum Gasteiger partial charge on any atom is -0.481 e. The number of carboxylic acids is 1. The van der Waals surface area contributed by atoms with Gasteiger partial charge in [0.25, 0.3) is 0 Å². The second kappa shape index (κ2) is 4.73. The summed E-state index contributed by atoms with van der Waals surface area (Å²) < 4.78 is 0.806. The van der Waals surface area contributed by atoms with Crippen LogP contribution in [0.4, 0.5) is 0 Å². The van der Waals surface area contributed by atoms with Crippen molar-refractivity contribution in [3.8, 4) is 0 Å². The quantitative estimate of drug-likeness (QED) is 0.904. The summed E-state index contributed by atoms with van der Waals surface area (Å²) in [7, 11) is 2.04. The molecule has 2 rings (SSSR count). The molecule has 1 heterocycles. The van der Waals surface area contributed by atoms with E-state index >= 15 is 0 Å². The standard InChI is InChI=1S/C11H14ClNO2S/c1-13(6-9-2-3-10(12)16-9)8-4-7(5-8)11(14)15/h2-3,7-8H,4-6H2,1H3,(H,14,15). The maximum Gasteiger partial charge on any atom is 0.306 e. The lowest BCUT2D eigenvalue weighted by Crippen LogP contribution is -2.44. The highest BCUT2D eigenvalue weighted by molar-refractivity contribution is 7.16. The third kappa shape index (κ3) is 2.56. The van der Waals surface area contributed by atoms with Crippen molar-refractivity contribution >= 4 is 28.9 Å². The highest BCUT2D eigenvalue weighted by Gasteiger charge is 2.36. The van der Waals surface area contributed by atoms with Crippen LogP contribution in [0.15, 0.2) is 12.1 Å². The molecule has 88 valence electrons. The molecule has 0 atom stereocenters. The van der Waals surface area contributed by atoms with Crippen molar-refractivity contribution in [1.82, 2.24) is 4.90 Å². The van der Waals surface area contributed by atoms with Gasteiger partial charge in [-0.15, -0.1) is 11.3 Å². The zero-order valence-corrected chi connectivity index (χ0v) is 10.6. The molecule has 0 saturated heterocycles. The van der Waals surface area contributed by atoms with E-state index in [0.717, 1.165) is 23.7 Å². The summed E-state index contributed by atoms with van der Waals surface area (Å²) in [4.78, 5) is 14.1. The summed E-state index contributed by atoms with van der Waals surface area (Å²) in [5.41, 5.74) is 0. The van der Waals surface area contributed by atoms with E-state index in [4.69, 9.17) is 16.7 Å². The van der Waals surface area contributed by atoms with Crippen LogP contribution in [0, 0.1) is 5.92 Å². The molecule has 1 aromatic heterocycles. The van der Waals surface area contributed by atoms with Gasteiger partial charge in [-0.1, -0.05) is 11.6 Å². The van der Waals surface area contributed by atoms with Gasteiger partial charge in [-0.2, -0.15) is 0 Å². The molecule has 1 fully saturated rings. The number of hydrogen-bond donors (Lipinski definition) is 1. The molecule has 3 nitrogen and oxygen atoms in total. The highest BCUT2D eigenvalue weighted by Crippen LogP contribution is 2.33. The summed E-state index contributed by atoms with van der Waals surface area (Å²) in [6.07, 6.45) is 1.54. The number of nitrogens with zero attached hydrogens (tertiary/aromatic N) is 1. The monoisotopic (exact) mass is 259 g/mol. The Morgan fingerprint density at radius 3 is 2.81 bits per heavy atom. The Hall–Kier alpha value is -0.580. The lowest BCUT2D eigenvalue weighted by molar-refractivity contribution is -0.146. The fourth-order valence-electron chi connectivity index (χ4n) is 1.96. The first kappa shape index (κ1) is 11.9. The Bertz CT molecular complexity index is 387. The van der Waals surface area contributed by atoms with Gasteiger partial charge in [0, 0.05) is 17.5 Å². The second-order valence-corrected chi connectivity index (χ2v) is 6.08. The van der Waals surface area contributed by atoms with Crippen molar-refractivity contribution in [2.75, 3.05) is 7.05 Å². The van der Waals surface area contributed by atoms with E-state index in [1.165, 1.54) is 4.88 Å². The van der Waals surface area contributed by atoms with Gasteiger partial charge in [-0.05, 0) is 32.0 Å². The summed E-state index contributed by atoms with van der Waals surface area (Å²) in [5, 5.41) is 8.79. The van der Waals surface area contributed by atoms with Crippen LogP contribution in [0.1, 0.15) is 17.7 Å². The van der Waals surface area contributed by atoms with Crippen molar-refractivity contribution in [3.05, 3.63) is 21.3 Å². The van der Waals surface area contributed by atoms with E-state index < -0.39 is 5.97 Å². The fraction of sp³-hybridized carbons (Fsp3) is 0.545. The minimum absolute atomic E-state index is 0.139. The largest absolute Gasteiger partial charge is 0.481 e. The number of hydrogen-bond acceptors (Lipinski definition) is 3. The Labute approximate surface area is 104 Å². The zero-order valence-electron chi connectivity index (χ0n) is 9.02. The summed E-state index contributed by atoms with van der Waals surface area (Å²) in [6.45, 7) is 0.856. The number of halogens is 1. The molecule has 0 aromatic carbocycles. The Morgan fingerprint density at radius 2 is 2.31 bits per heavy atom. The highest BCUT2D eigenvalue weighted by atomic mass is 35.5. The molecule has 0 aliphatic heterocycles. The van der Waals surface area contributed by atoms with E-state index in [9.17, 15) is 4.79 Å². The van der Waals surface area contributed by atoms with Gasteiger partial charge in [-0.3, -0.25) is 9.69 Å². The van der Waals surface area contributed by atoms with Crippen LogP contribution in [0.5, 0.6) is 0 Å². The number of rotatable bonds is 4. The number of carbonyl (C=O) groups is 1. The molecule has 0 unspecified atom stereocenters. The van der Waals surface area contributed by atoms with Crippen molar-refractivity contribution in [2.45, 2.75) is 25.4 Å². The second-order valence-electron chi connectivity index (χ2n) is 4.28. The van der Waals surface area contributed by atoms with Crippen molar-refractivity contribution in [1.29, 1.82) is 0 Å². The topological polar surface area (TPSA) is 40.5 Å². The molecule has 1 saturated carbocycles. The Morgan fingerprint density at radius 1 is 1.62 bits per heavy atom. The van der Waals surface area contributed by atoms with Crippen LogP contribution in [0.2, 0.25) is 4.34 Å². The minimum atomic E-state index is -0.663. The Balaban J connectivity index is 1.82. The molecule has 1 N–H and O–H groups in total. The first-order chi connectivity index (χ1) is 7.56. The molecule has 0 amide bonds. The van der Waals surface area contributed by atoms with E-state index in [1.54, 1.807) is 11.3 Å². The molecule has 1 aliphatic rings. The molecule has 16 heavy (non-hydrogen) atoms. The third-order valence-corrected chi connectivity index (χ3v) is 4.34. The average molecular weight is 260 g/mol. The molecule has 1 aromatic rings. The van der Waals surface area contributed by atoms with Crippen LogP contribution in [-0.4, -0.2) is 29.1 Å². The molecule has 0 bridgehead atoms. The van der Waals surface area contributed by atoms with Gasteiger partial charge in [0.2, 0.25) is 0 Å². The van der Waals surface area contributed by atoms with Gasteiger partial charge in [-0.25, -0.2) is 0 Å². The molecular weight excluding hydrogens is 246 g/mol. The fourth-order valence-corrected chi connectivity index (χ4v) is 3.11. The smallest absolute Gasteiger partial charge is 0.306 e.